The van der Waals surface area contributed by atoms with E-state index in [1.807, 2.05) is 144 Å². The molecule has 6 rings (SSSR count). The Hall–Kier alpha value is -5.18. The highest BCUT2D eigenvalue weighted by atomic mass is 31.2. The quantitative estimate of drug-likeness (QED) is 0.0908. The number of aryl methyl sites for hydroxylation is 12. The van der Waals surface area contributed by atoms with Crippen molar-refractivity contribution in [3.63, 3.8) is 0 Å². The first-order valence-electron chi connectivity index (χ1n) is 19.8. The van der Waals surface area contributed by atoms with Crippen LogP contribution in [0.4, 0.5) is 0 Å². The third kappa shape index (κ3) is 8.76. The molecule has 0 aliphatic carbocycles. The number of benzene rings is 6. The summed E-state index contributed by atoms with van der Waals surface area (Å²) in [7, 11) is -0.702. The maximum absolute atomic E-state index is 14.9. The average molecular weight is 819 g/mol. The summed E-state index contributed by atoms with van der Waals surface area (Å²) in [4.78, 5) is 58.9. The van der Waals surface area contributed by atoms with Crippen molar-refractivity contribution >= 4 is 51.4 Å². The molecular formula is C52H52O5P2. The summed E-state index contributed by atoms with van der Waals surface area (Å²) in [6, 6.07) is 26.7. The van der Waals surface area contributed by atoms with Crippen LogP contribution >= 0.6 is 17.6 Å². The number of rotatable bonds is 12. The van der Waals surface area contributed by atoms with Crippen molar-refractivity contribution in [1.29, 1.82) is 0 Å². The van der Waals surface area contributed by atoms with E-state index in [1.165, 1.54) is 0 Å². The van der Waals surface area contributed by atoms with E-state index in [4.69, 9.17) is 4.31 Å². The van der Waals surface area contributed by atoms with Crippen molar-refractivity contribution in [1.82, 2.24) is 0 Å². The van der Waals surface area contributed by atoms with Gasteiger partial charge in [0.25, 0.3) is 0 Å². The highest BCUT2D eigenvalue weighted by Gasteiger charge is 2.29. The van der Waals surface area contributed by atoms with Gasteiger partial charge < -0.3 is 4.31 Å². The molecule has 2 unspecified atom stereocenters. The van der Waals surface area contributed by atoms with E-state index < -0.39 is 0 Å². The van der Waals surface area contributed by atoms with Gasteiger partial charge in [-0.3, -0.25) is 19.2 Å². The van der Waals surface area contributed by atoms with Gasteiger partial charge in [0, 0.05) is 55.1 Å². The lowest BCUT2D eigenvalue weighted by atomic mass is 9.87. The fourth-order valence-electron chi connectivity index (χ4n) is 8.95. The minimum atomic E-state index is -0.351. The van der Waals surface area contributed by atoms with Crippen LogP contribution in [0.1, 0.15) is 130 Å². The van der Waals surface area contributed by atoms with Crippen molar-refractivity contribution in [3.8, 4) is 0 Å². The van der Waals surface area contributed by atoms with Crippen molar-refractivity contribution in [2.45, 2.75) is 83.1 Å². The molecule has 0 N–H and O–H groups in total. The van der Waals surface area contributed by atoms with Crippen LogP contribution in [0.3, 0.4) is 0 Å². The summed E-state index contributed by atoms with van der Waals surface area (Å²) in [5.41, 5.74) is 14.5. The van der Waals surface area contributed by atoms with Crippen LogP contribution in [-0.2, 0) is 4.31 Å². The van der Waals surface area contributed by atoms with Gasteiger partial charge in [-0.25, -0.2) is 0 Å². The maximum atomic E-state index is 14.9. The van der Waals surface area contributed by atoms with E-state index in [2.05, 4.69) is 0 Å². The first-order chi connectivity index (χ1) is 27.9. The number of hydrogen-bond acceptors (Lipinski definition) is 5. The standard InChI is InChI=1S/C52H52O5P2/c1-27-19-31(5)43(32(6)20-27)49(53)39-15-13-17-41(47(39)51(55)45-35(9)23-29(3)24-36(45)10)58-57-59-42-18-14-16-40(50(54)44-33(7)21-28(2)22-34(44)8)48(42)52(56)46-37(11)25-30(4)26-38(46)12/h13-26,58-59H,1-12H3. The van der Waals surface area contributed by atoms with Crippen LogP contribution in [0, 0.1) is 83.1 Å². The Kier molecular flexibility index (Phi) is 12.9. The monoisotopic (exact) mass is 818 g/mol. The second kappa shape index (κ2) is 17.6. The number of hydrogen-bond donors (Lipinski definition) is 0. The fraction of sp³-hybridized carbons (Fsp3) is 0.231. The van der Waals surface area contributed by atoms with Gasteiger partial charge in [-0.1, -0.05) is 107 Å². The van der Waals surface area contributed by atoms with Crippen molar-refractivity contribution < 1.29 is 23.5 Å². The molecule has 7 heteroatoms. The summed E-state index contributed by atoms with van der Waals surface area (Å²) >= 11 is 0. The van der Waals surface area contributed by atoms with Gasteiger partial charge in [0.1, 0.15) is 0 Å². The predicted octanol–water partition coefficient (Wildman–Crippen LogP) is 11.5. The van der Waals surface area contributed by atoms with Crippen molar-refractivity contribution in [3.05, 3.63) is 196 Å². The molecule has 59 heavy (non-hydrogen) atoms. The second-order valence-corrected chi connectivity index (χ2v) is 18.5. The molecule has 0 radical (unpaired) electrons. The first-order valence-corrected chi connectivity index (χ1v) is 21.6. The minimum Gasteiger partial charge on any atom is -0.334 e. The molecule has 5 nitrogen and oxygen atoms in total. The van der Waals surface area contributed by atoms with E-state index >= 15 is 0 Å². The number of carbonyl (C=O) groups is 4. The Labute approximate surface area is 352 Å². The molecule has 0 saturated carbocycles. The lowest BCUT2D eigenvalue weighted by Crippen LogP contribution is -2.22. The average Bonchev–Trinajstić information content (AvgIpc) is 3.12. The predicted molar refractivity (Wildman–Crippen MR) is 246 cm³/mol. The molecule has 0 aromatic heterocycles. The normalized spacial score (nSPS) is 11.6. The van der Waals surface area contributed by atoms with Crippen LogP contribution in [0.2, 0.25) is 0 Å². The van der Waals surface area contributed by atoms with E-state index in [-0.39, 0.29) is 40.7 Å². The van der Waals surface area contributed by atoms with Gasteiger partial charge >= 0.3 is 0 Å². The van der Waals surface area contributed by atoms with Crippen LogP contribution in [0.15, 0.2) is 84.9 Å². The summed E-state index contributed by atoms with van der Waals surface area (Å²) in [6.07, 6.45) is 0. The highest BCUT2D eigenvalue weighted by Crippen LogP contribution is 2.35. The Balaban J connectivity index is 1.47. The largest absolute Gasteiger partial charge is 0.334 e. The summed E-state index contributed by atoms with van der Waals surface area (Å²) in [5.74, 6) is -0.911. The molecule has 0 aliphatic rings. The van der Waals surface area contributed by atoms with Gasteiger partial charge in [-0.05, 0) is 128 Å². The lowest BCUT2D eigenvalue weighted by Gasteiger charge is -2.19. The zero-order chi connectivity index (χ0) is 43.0. The van der Waals surface area contributed by atoms with Crippen molar-refractivity contribution in [2.75, 3.05) is 0 Å². The Morgan fingerprint density at radius 3 is 0.831 bits per heavy atom. The van der Waals surface area contributed by atoms with Crippen LogP contribution in [0.25, 0.3) is 0 Å². The zero-order valence-corrected chi connectivity index (χ0v) is 38.1. The Morgan fingerprint density at radius 2 is 0.576 bits per heavy atom. The van der Waals surface area contributed by atoms with Gasteiger partial charge in [0.05, 0.1) is 17.6 Å². The molecule has 0 amide bonds. The molecule has 0 spiro atoms. The lowest BCUT2D eigenvalue weighted by molar-refractivity contribution is 0.100. The SMILES string of the molecule is Cc1cc(C)c(C(=O)c2cccc(POPc3cccc(C(=O)c4c(C)cc(C)cc4C)c3C(=O)c3c(C)cc(C)cc3C)c2C(=O)c2c(C)cc(C)cc2C)c(C)c1. The molecule has 0 bridgehead atoms. The van der Waals surface area contributed by atoms with Gasteiger partial charge in [0.2, 0.25) is 0 Å². The van der Waals surface area contributed by atoms with E-state index in [0.29, 0.717) is 55.1 Å². The number of ketones is 4. The third-order valence-corrected chi connectivity index (χ3v) is 13.1. The highest BCUT2D eigenvalue weighted by molar-refractivity contribution is 7.55. The second-order valence-electron chi connectivity index (χ2n) is 16.2. The maximum Gasteiger partial charge on any atom is 0.195 e. The van der Waals surface area contributed by atoms with Crippen LogP contribution < -0.4 is 10.6 Å². The molecule has 0 heterocycles. The molecule has 6 aromatic rings. The smallest absolute Gasteiger partial charge is 0.195 e. The molecule has 0 fully saturated rings. The molecular weight excluding hydrogens is 767 g/mol. The molecule has 2 atom stereocenters. The van der Waals surface area contributed by atoms with E-state index in [1.54, 1.807) is 24.3 Å². The fourth-order valence-corrected chi connectivity index (χ4v) is 11.1. The van der Waals surface area contributed by atoms with Crippen molar-refractivity contribution in [2.24, 2.45) is 0 Å². The van der Waals surface area contributed by atoms with Gasteiger partial charge in [-0.15, -0.1) is 0 Å². The van der Waals surface area contributed by atoms with E-state index in [0.717, 1.165) is 66.8 Å². The molecule has 6 aromatic carbocycles. The molecule has 0 aliphatic heterocycles. The minimum absolute atomic E-state index is 0.218. The summed E-state index contributed by atoms with van der Waals surface area (Å²) < 4.78 is 6.55. The Morgan fingerprint density at radius 1 is 0.339 bits per heavy atom. The topological polar surface area (TPSA) is 77.5 Å². The molecule has 0 saturated heterocycles. The van der Waals surface area contributed by atoms with E-state index in [9.17, 15) is 19.2 Å². The summed E-state index contributed by atoms with van der Waals surface area (Å²) in [5, 5.41) is 1.18. The number of carbonyl (C=O) groups excluding carboxylic acids is 4. The summed E-state index contributed by atoms with van der Waals surface area (Å²) in [6.45, 7) is 23.4. The third-order valence-electron chi connectivity index (χ3n) is 11.0. The van der Waals surface area contributed by atoms with Gasteiger partial charge in [0.15, 0.2) is 23.1 Å². The van der Waals surface area contributed by atoms with Crippen LogP contribution in [0.5, 0.6) is 0 Å². The molecule has 300 valence electrons. The zero-order valence-electron chi connectivity index (χ0n) is 36.1. The van der Waals surface area contributed by atoms with Crippen LogP contribution in [-0.4, -0.2) is 23.1 Å². The van der Waals surface area contributed by atoms with Gasteiger partial charge in [-0.2, -0.15) is 0 Å². The Bertz CT molecular complexity index is 2460. The first kappa shape index (κ1) is 43.4.